The predicted octanol–water partition coefficient (Wildman–Crippen LogP) is 3.53. The maximum absolute atomic E-state index is 6.25. The monoisotopic (exact) mass is 362 g/mol. The molecule has 0 aliphatic heterocycles. The van der Waals surface area contributed by atoms with E-state index in [9.17, 15) is 0 Å². The molecule has 102 valence electrons. The quantitative estimate of drug-likeness (QED) is 0.645. The predicted molar refractivity (Wildman–Crippen MR) is 81.2 cm³/mol. The van der Waals surface area contributed by atoms with Gasteiger partial charge >= 0.3 is 0 Å². The first-order chi connectivity index (χ1) is 9.08. The number of aryl methyl sites for hydroxylation is 1. The Morgan fingerprint density at radius 2 is 2.16 bits per heavy atom. The standard InChI is InChI=1S/C12H13BrCl2N4/c1-2-19-12(10(15)6-17-19)11(18-16)8-5-7(13)3-4-9(8)14/h3-6,11,18H,2,16H2,1H3. The molecule has 1 heterocycles. The molecule has 1 aromatic carbocycles. The smallest absolute Gasteiger partial charge is 0.0908 e. The summed E-state index contributed by atoms with van der Waals surface area (Å²) in [7, 11) is 0. The van der Waals surface area contributed by atoms with Crippen molar-refractivity contribution in [2.75, 3.05) is 0 Å². The zero-order chi connectivity index (χ0) is 14.0. The number of nitrogens with one attached hydrogen (secondary N) is 1. The maximum Gasteiger partial charge on any atom is 0.0908 e. The van der Waals surface area contributed by atoms with Crippen LogP contribution in [0.15, 0.2) is 28.9 Å². The fraction of sp³-hybridized carbons (Fsp3) is 0.250. The zero-order valence-corrected chi connectivity index (χ0v) is 13.3. The van der Waals surface area contributed by atoms with Crippen LogP contribution < -0.4 is 11.3 Å². The highest BCUT2D eigenvalue weighted by Gasteiger charge is 2.23. The molecule has 1 aromatic heterocycles. The molecule has 0 saturated heterocycles. The summed E-state index contributed by atoms with van der Waals surface area (Å²) in [5.74, 6) is 5.68. The Labute approximate surface area is 130 Å². The van der Waals surface area contributed by atoms with Crippen LogP contribution in [0.4, 0.5) is 0 Å². The first kappa shape index (κ1) is 14.8. The van der Waals surface area contributed by atoms with E-state index in [-0.39, 0.29) is 6.04 Å². The van der Waals surface area contributed by atoms with Gasteiger partial charge in [-0.1, -0.05) is 39.1 Å². The lowest BCUT2D eigenvalue weighted by molar-refractivity contribution is 0.543. The number of benzene rings is 1. The van der Waals surface area contributed by atoms with E-state index < -0.39 is 0 Å². The molecule has 2 rings (SSSR count). The average molecular weight is 364 g/mol. The second-order valence-electron chi connectivity index (χ2n) is 3.96. The van der Waals surface area contributed by atoms with Crippen LogP contribution in [-0.2, 0) is 6.54 Å². The summed E-state index contributed by atoms with van der Waals surface area (Å²) in [6, 6.07) is 5.28. The van der Waals surface area contributed by atoms with Crippen molar-refractivity contribution in [2.24, 2.45) is 5.84 Å². The minimum Gasteiger partial charge on any atom is -0.271 e. The van der Waals surface area contributed by atoms with E-state index >= 15 is 0 Å². The third kappa shape index (κ3) is 2.95. The van der Waals surface area contributed by atoms with E-state index in [4.69, 9.17) is 29.0 Å². The molecule has 0 spiro atoms. The van der Waals surface area contributed by atoms with E-state index in [1.165, 1.54) is 0 Å². The Morgan fingerprint density at radius 3 is 2.79 bits per heavy atom. The largest absolute Gasteiger partial charge is 0.271 e. The van der Waals surface area contributed by atoms with Gasteiger partial charge in [-0.15, -0.1) is 0 Å². The number of nitrogens with zero attached hydrogens (tertiary/aromatic N) is 2. The van der Waals surface area contributed by atoms with E-state index in [1.54, 1.807) is 10.9 Å². The zero-order valence-electron chi connectivity index (χ0n) is 10.2. The van der Waals surface area contributed by atoms with Crippen LogP contribution in [0.25, 0.3) is 0 Å². The molecule has 2 aromatic rings. The molecular weight excluding hydrogens is 351 g/mol. The number of hydrogen-bond donors (Lipinski definition) is 2. The lowest BCUT2D eigenvalue weighted by Crippen LogP contribution is -2.31. The second-order valence-corrected chi connectivity index (χ2v) is 5.69. The Kier molecular flexibility index (Phi) is 4.86. The van der Waals surface area contributed by atoms with Crippen LogP contribution in [0, 0.1) is 0 Å². The third-order valence-electron chi connectivity index (χ3n) is 2.84. The average Bonchev–Trinajstić information content (AvgIpc) is 2.76. The highest BCUT2D eigenvalue weighted by Crippen LogP contribution is 2.33. The van der Waals surface area contributed by atoms with Crippen molar-refractivity contribution in [2.45, 2.75) is 19.5 Å². The molecule has 0 fully saturated rings. The second kappa shape index (κ2) is 6.24. The van der Waals surface area contributed by atoms with E-state index in [0.29, 0.717) is 16.6 Å². The molecule has 4 nitrogen and oxygen atoms in total. The summed E-state index contributed by atoms with van der Waals surface area (Å²) in [6.07, 6.45) is 1.61. The lowest BCUT2D eigenvalue weighted by Gasteiger charge is -2.19. The van der Waals surface area contributed by atoms with Crippen LogP contribution in [0.3, 0.4) is 0 Å². The summed E-state index contributed by atoms with van der Waals surface area (Å²) >= 11 is 15.9. The van der Waals surface area contributed by atoms with E-state index in [0.717, 1.165) is 15.7 Å². The molecular formula is C12H13BrCl2N4. The Hall–Kier alpha value is -0.590. The number of halogens is 3. The SMILES string of the molecule is CCn1ncc(Cl)c1C(NN)c1cc(Br)ccc1Cl. The fourth-order valence-corrected chi connectivity index (χ4v) is 2.82. The molecule has 0 aliphatic carbocycles. The number of hydrogen-bond acceptors (Lipinski definition) is 3. The van der Waals surface area contributed by atoms with Gasteiger partial charge < -0.3 is 0 Å². The number of aromatic nitrogens is 2. The molecule has 7 heteroatoms. The Morgan fingerprint density at radius 1 is 1.42 bits per heavy atom. The Bertz CT molecular complexity index is 585. The molecule has 19 heavy (non-hydrogen) atoms. The normalized spacial score (nSPS) is 12.7. The molecule has 0 aliphatic rings. The molecule has 0 bridgehead atoms. The van der Waals surface area contributed by atoms with Crippen LogP contribution in [0.1, 0.15) is 24.2 Å². The van der Waals surface area contributed by atoms with Gasteiger partial charge in [-0.2, -0.15) is 5.10 Å². The van der Waals surface area contributed by atoms with E-state index in [1.807, 2.05) is 25.1 Å². The number of nitrogens with two attached hydrogens (primary N) is 1. The number of hydrazine groups is 1. The van der Waals surface area contributed by atoms with Gasteiger partial charge in [0.2, 0.25) is 0 Å². The Balaban J connectivity index is 2.56. The highest BCUT2D eigenvalue weighted by atomic mass is 79.9. The summed E-state index contributed by atoms with van der Waals surface area (Å²) in [5, 5.41) is 5.39. The number of rotatable bonds is 4. The topological polar surface area (TPSA) is 55.9 Å². The van der Waals surface area contributed by atoms with Crippen molar-refractivity contribution in [1.29, 1.82) is 0 Å². The minimum absolute atomic E-state index is 0.319. The summed E-state index contributed by atoms with van der Waals surface area (Å²) in [4.78, 5) is 0. The van der Waals surface area contributed by atoms with Crippen molar-refractivity contribution >= 4 is 39.1 Å². The van der Waals surface area contributed by atoms with Crippen molar-refractivity contribution in [3.8, 4) is 0 Å². The minimum atomic E-state index is -0.319. The van der Waals surface area contributed by atoms with Crippen LogP contribution in [-0.4, -0.2) is 9.78 Å². The first-order valence-corrected chi connectivity index (χ1v) is 7.25. The lowest BCUT2D eigenvalue weighted by atomic mass is 10.0. The van der Waals surface area contributed by atoms with Gasteiger partial charge in [0.15, 0.2) is 0 Å². The molecule has 0 amide bonds. The van der Waals surface area contributed by atoms with Gasteiger partial charge in [0.1, 0.15) is 0 Å². The fourth-order valence-electron chi connectivity index (χ4n) is 1.96. The van der Waals surface area contributed by atoms with Gasteiger partial charge in [-0.05, 0) is 30.7 Å². The molecule has 1 atom stereocenters. The van der Waals surface area contributed by atoms with Crippen molar-refractivity contribution in [3.05, 3.63) is 50.2 Å². The maximum atomic E-state index is 6.25. The van der Waals surface area contributed by atoms with Gasteiger partial charge in [0.05, 0.1) is 23.0 Å². The molecule has 0 radical (unpaired) electrons. The van der Waals surface area contributed by atoms with Crippen LogP contribution in [0.2, 0.25) is 10.0 Å². The van der Waals surface area contributed by atoms with Gasteiger partial charge in [0.25, 0.3) is 0 Å². The van der Waals surface area contributed by atoms with Crippen LogP contribution in [0.5, 0.6) is 0 Å². The van der Waals surface area contributed by atoms with Crippen molar-refractivity contribution in [1.82, 2.24) is 15.2 Å². The molecule has 0 saturated carbocycles. The van der Waals surface area contributed by atoms with Crippen LogP contribution >= 0.6 is 39.1 Å². The third-order valence-corrected chi connectivity index (χ3v) is 3.97. The summed E-state index contributed by atoms with van der Waals surface area (Å²) < 4.78 is 2.72. The van der Waals surface area contributed by atoms with Crippen molar-refractivity contribution < 1.29 is 0 Å². The first-order valence-electron chi connectivity index (χ1n) is 5.70. The molecule has 1 unspecified atom stereocenters. The van der Waals surface area contributed by atoms with Gasteiger partial charge in [0, 0.05) is 16.0 Å². The molecule has 3 N–H and O–H groups in total. The highest BCUT2D eigenvalue weighted by molar-refractivity contribution is 9.10. The van der Waals surface area contributed by atoms with Crippen molar-refractivity contribution in [3.63, 3.8) is 0 Å². The van der Waals surface area contributed by atoms with Gasteiger partial charge in [-0.25, -0.2) is 5.43 Å². The summed E-state index contributed by atoms with van der Waals surface area (Å²) in [5.41, 5.74) is 4.39. The van der Waals surface area contributed by atoms with E-state index in [2.05, 4.69) is 26.5 Å². The summed E-state index contributed by atoms with van der Waals surface area (Å²) in [6.45, 7) is 2.69. The van der Waals surface area contributed by atoms with Gasteiger partial charge in [-0.3, -0.25) is 10.5 Å².